The van der Waals surface area contributed by atoms with Gasteiger partial charge in [0, 0.05) is 6.42 Å². The summed E-state index contributed by atoms with van der Waals surface area (Å²) in [5.74, 6) is -0.529. The summed E-state index contributed by atoms with van der Waals surface area (Å²) in [5, 5.41) is 0. The molecule has 82 valence electrons. The average Bonchev–Trinajstić information content (AvgIpc) is 2.01. The van der Waals surface area contributed by atoms with Crippen LogP contribution in [0.5, 0.6) is 0 Å². The van der Waals surface area contributed by atoms with Gasteiger partial charge in [0.05, 0.1) is 19.4 Å². The van der Waals surface area contributed by atoms with E-state index in [1.165, 1.54) is 7.11 Å². The normalized spacial score (nSPS) is 12.4. The van der Waals surface area contributed by atoms with Crippen LogP contribution in [0.15, 0.2) is 11.8 Å². The van der Waals surface area contributed by atoms with Crippen molar-refractivity contribution in [1.82, 2.24) is 0 Å². The maximum absolute atomic E-state index is 10.8. The summed E-state index contributed by atoms with van der Waals surface area (Å²) in [6, 6.07) is 0. The molecule has 0 spiro atoms. The summed E-state index contributed by atoms with van der Waals surface area (Å²) in [5.41, 5.74) is 0. The van der Waals surface area contributed by atoms with E-state index < -0.39 is 16.1 Å². The Kier molecular flexibility index (Phi) is 5.22. The summed E-state index contributed by atoms with van der Waals surface area (Å²) >= 11 is 0. The number of carbonyl (C=O) groups excluding carboxylic acids is 1. The molecule has 0 unspecified atom stereocenters. The highest BCUT2D eigenvalue weighted by Crippen LogP contribution is 2.09. The molecule has 14 heavy (non-hydrogen) atoms. The molecular formula is C8H14O5S. The van der Waals surface area contributed by atoms with Gasteiger partial charge in [0.1, 0.15) is 5.76 Å². The Balaban J connectivity index is 4.60. The minimum absolute atomic E-state index is 0.0989. The zero-order valence-electron chi connectivity index (χ0n) is 8.44. The lowest BCUT2D eigenvalue weighted by Gasteiger charge is -2.05. The predicted molar refractivity (Wildman–Crippen MR) is 50.9 cm³/mol. The van der Waals surface area contributed by atoms with E-state index in [1.807, 2.05) is 6.92 Å². The van der Waals surface area contributed by atoms with Crippen LogP contribution in [0.25, 0.3) is 0 Å². The summed E-state index contributed by atoms with van der Waals surface area (Å²) in [7, 11) is -2.36. The van der Waals surface area contributed by atoms with Crippen molar-refractivity contribution < 1.29 is 22.1 Å². The number of esters is 1. The van der Waals surface area contributed by atoms with Gasteiger partial charge in [-0.05, 0) is 6.42 Å². The molecular weight excluding hydrogens is 208 g/mol. The first kappa shape index (κ1) is 13.0. The van der Waals surface area contributed by atoms with E-state index in [0.29, 0.717) is 12.8 Å². The molecule has 0 N–H and O–H groups in total. The van der Waals surface area contributed by atoms with Crippen molar-refractivity contribution in [2.75, 3.05) is 13.4 Å². The van der Waals surface area contributed by atoms with E-state index in [2.05, 4.69) is 8.92 Å². The zero-order valence-corrected chi connectivity index (χ0v) is 9.26. The molecule has 0 aromatic rings. The van der Waals surface area contributed by atoms with Crippen LogP contribution in [-0.4, -0.2) is 27.8 Å². The Hall–Kier alpha value is -1.04. The Morgan fingerprint density at radius 2 is 2.00 bits per heavy atom. The minimum atomic E-state index is -3.58. The molecule has 5 nitrogen and oxygen atoms in total. The molecule has 0 amide bonds. The first-order valence-corrected chi connectivity index (χ1v) is 5.88. The van der Waals surface area contributed by atoms with Crippen LogP contribution in [0.3, 0.4) is 0 Å². The monoisotopic (exact) mass is 222 g/mol. The van der Waals surface area contributed by atoms with Crippen LogP contribution >= 0.6 is 0 Å². The van der Waals surface area contributed by atoms with Crippen molar-refractivity contribution in [3.8, 4) is 0 Å². The molecule has 0 aromatic heterocycles. The van der Waals surface area contributed by atoms with Gasteiger partial charge in [0.2, 0.25) is 0 Å². The highest BCUT2D eigenvalue weighted by molar-refractivity contribution is 7.86. The van der Waals surface area contributed by atoms with Gasteiger partial charge in [-0.2, -0.15) is 8.42 Å². The van der Waals surface area contributed by atoms with Crippen LogP contribution in [0.1, 0.15) is 19.8 Å². The summed E-state index contributed by atoms with van der Waals surface area (Å²) in [6.07, 6.45) is 3.01. The number of hydrogen-bond acceptors (Lipinski definition) is 5. The molecule has 0 aliphatic heterocycles. The van der Waals surface area contributed by atoms with Crippen LogP contribution in [0.4, 0.5) is 0 Å². The van der Waals surface area contributed by atoms with Crippen LogP contribution in [0, 0.1) is 0 Å². The second-order valence-corrected chi connectivity index (χ2v) is 4.25. The van der Waals surface area contributed by atoms with Crippen molar-refractivity contribution in [2.24, 2.45) is 0 Å². The van der Waals surface area contributed by atoms with Gasteiger partial charge in [0.25, 0.3) is 0 Å². The van der Waals surface area contributed by atoms with E-state index in [4.69, 9.17) is 0 Å². The SMILES string of the molecule is CCC/C(=C/C(=O)OC)OS(C)(=O)=O. The van der Waals surface area contributed by atoms with Gasteiger partial charge < -0.3 is 8.92 Å². The van der Waals surface area contributed by atoms with Gasteiger partial charge in [0.15, 0.2) is 0 Å². The van der Waals surface area contributed by atoms with Crippen molar-refractivity contribution in [3.63, 3.8) is 0 Å². The largest absolute Gasteiger partial charge is 0.466 e. The van der Waals surface area contributed by atoms with Crippen molar-refractivity contribution in [3.05, 3.63) is 11.8 Å². The van der Waals surface area contributed by atoms with Crippen LogP contribution in [-0.2, 0) is 23.8 Å². The molecule has 0 fully saturated rings. The summed E-state index contributed by atoms with van der Waals surface area (Å²) < 4.78 is 30.5. The fraction of sp³-hybridized carbons (Fsp3) is 0.625. The van der Waals surface area contributed by atoms with E-state index in [-0.39, 0.29) is 5.76 Å². The second-order valence-electron chi connectivity index (χ2n) is 2.67. The van der Waals surface area contributed by atoms with Crippen molar-refractivity contribution >= 4 is 16.1 Å². The number of rotatable bonds is 5. The Morgan fingerprint density at radius 3 is 2.36 bits per heavy atom. The van der Waals surface area contributed by atoms with E-state index in [0.717, 1.165) is 12.3 Å². The van der Waals surface area contributed by atoms with Gasteiger partial charge >= 0.3 is 16.1 Å². The van der Waals surface area contributed by atoms with Crippen LogP contribution < -0.4 is 0 Å². The van der Waals surface area contributed by atoms with Crippen molar-refractivity contribution in [2.45, 2.75) is 19.8 Å². The number of carbonyl (C=O) groups is 1. The molecule has 0 aromatic carbocycles. The minimum Gasteiger partial charge on any atom is -0.466 e. The maximum Gasteiger partial charge on any atom is 0.333 e. The quantitative estimate of drug-likeness (QED) is 0.298. The first-order chi connectivity index (χ1) is 6.39. The Morgan fingerprint density at radius 1 is 1.43 bits per heavy atom. The lowest BCUT2D eigenvalue weighted by molar-refractivity contribution is -0.135. The highest BCUT2D eigenvalue weighted by atomic mass is 32.2. The number of ether oxygens (including phenoxy) is 1. The fourth-order valence-corrected chi connectivity index (χ4v) is 1.29. The third-order valence-corrected chi connectivity index (χ3v) is 1.75. The first-order valence-electron chi connectivity index (χ1n) is 4.07. The molecule has 0 aliphatic rings. The molecule has 0 saturated heterocycles. The number of hydrogen-bond donors (Lipinski definition) is 0. The molecule has 0 heterocycles. The summed E-state index contributed by atoms with van der Waals surface area (Å²) in [6.45, 7) is 1.84. The predicted octanol–water partition coefficient (Wildman–Crippen LogP) is 0.820. The number of methoxy groups -OCH3 is 1. The molecule has 0 radical (unpaired) electrons. The van der Waals surface area contributed by atoms with Crippen molar-refractivity contribution in [1.29, 1.82) is 0 Å². The fourth-order valence-electron chi connectivity index (χ4n) is 0.769. The second kappa shape index (κ2) is 5.64. The zero-order chi connectivity index (χ0) is 11.2. The molecule has 0 bridgehead atoms. The molecule has 0 saturated carbocycles. The third-order valence-electron chi connectivity index (χ3n) is 1.23. The molecule has 6 heteroatoms. The Bertz CT molecular complexity index is 315. The van der Waals surface area contributed by atoms with E-state index in [9.17, 15) is 13.2 Å². The maximum atomic E-state index is 10.8. The van der Waals surface area contributed by atoms with E-state index in [1.54, 1.807) is 0 Å². The van der Waals surface area contributed by atoms with Gasteiger partial charge in [-0.1, -0.05) is 6.92 Å². The molecule has 0 aliphatic carbocycles. The average molecular weight is 222 g/mol. The van der Waals surface area contributed by atoms with Gasteiger partial charge in [-0.15, -0.1) is 0 Å². The number of allylic oxidation sites excluding steroid dienone is 1. The third kappa shape index (κ3) is 6.47. The van der Waals surface area contributed by atoms with Crippen LogP contribution in [0.2, 0.25) is 0 Å². The summed E-state index contributed by atoms with van der Waals surface area (Å²) in [4.78, 5) is 10.8. The molecule has 0 atom stereocenters. The van der Waals surface area contributed by atoms with Gasteiger partial charge in [-0.25, -0.2) is 4.79 Å². The van der Waals surface area contributed by atoms with E-state index >= 15 is 0 Å². The molecule has 0 rings (SSSR count). The topological polar surface area (TPSA) is 69.7 Å². The standard InChI is InChI=1S/C8H14O5S/c1-4-5-7(6-8(9)12-2)13-14(3,10)11/h6H,4-5H2,1-3H3/b7-6-. The smallest absolute Gasteiger partial charge is 0.333 e. The highest BCUT2D eigenvalue weighted by Gasteiger charge is 2.08. The lowest BCUT2D eigenvalue weighted by Crippen LogP contribution is -2.05. The lowest BCUT2D eigenvalue weighted by atomic mass is 10.3. The van der Waals surface area contributed by atoms with Gasteiger partial charge in [-0.3, -0.25) is 0 Å². The Labute approximate surface area is 83.8 Å².